The van der Waals surface area contributed by atoms with Crippen LogP contribution in [0.5, 0.6) is 5.75 Å². The van der Waals surface area contributed by atoms with E-state index in [1.165, 1.54) is 4.90 Å². The first-order valence-electron chi connectivity index (χ1n) is 9.09. The van der Waals surface area contributed by atoms with Crippen LogP contribution < -0.4 is 10.1 Å². The molecule has 0 aromatic heterocycles. The Morgan fingerprint density at radius 2 is 1.59 bits per heavy atom. The molecule has 1 N–H and O–H groups in total. The van der Waals surface area contributed by atoms with Gasteiger partial charge in [-0.25, -0.2) is 0 Å². The number of carbonyl (C=O) groups is 2. The van der Waals surface area contributed by atoms with Crippen molar-refractivity contribution in [3.8, 4) is 5.75 Å². The lowest BCUT2D eigenvalue weighted by Gasteiger charge is -2.19. The maximum atomic E-state index is 12.9. The number of hydrogen-bond donors (Lipinski definition) is 1. The van der Waals surface area contributed by atoms with Gasteiger partial charge < -0.3 is 15.0 Å². The summed E-state index contributed by atoms with van der Waals surface area (Å²) in [5.41, 5.74) is 2.03. The smallest absolute Gasteiger partial charge is 0.257 e. The molecule has 148 valence electrons. The van der Waals surface area contributed by atoms with Crippen LogP contribution in [0, 0.1) is 0 Å². The summed E-state index contributed by atoms with van der Waals surface area (Å²) in [6, 6.07) is 23.5. The number of amides is 2. The molecule has 6 heteroatoms. The lowest BCUT2D eigenvalue weighted by Crippen LogP contribution is -2.35. The van der Waals surface area contributed by atoms with Crippen molar-refractivity contribution < 1.29 is 14.3 Å². The van der Waals surface area contributed by atoms with E-state index in [1.807, 2.05) is 36.4 Å². The molecular weight excluding hydrogens is 388 g/mol. The standard InChI is InChI=1S/C23H21ClN2O3/c1-26(15-22(27)25-19-13-11-18(24)12-14-19)23(28)20-9-5-6-10-21(20)29-16-17-7-3-2-4-8-17/h2-14H,15-16H2,1H3,(H,25,27). The van der Waals surface area contributed by atoms with Gasteiger partial charge in [-0.1, -0.05) is 54.1 Å². The van der Waals surface area contributed by atoms with Crippen molar-refractivity contribution >= 4 is 29.1 Å². The van der Waals surface area contributed by atoms with Gasteiger partial charge in [0.1, 0.15) is 12.4 Å². The van der Waals surface area contributed by atoms with Crippen molar-refractivity contribution in [2.24, 2.45) is 0 Å². The van der Waals surface area contributed by atoms with Crippen LogP contribution in [0.2, 0.25) is 5.02 Å². The number of carbonyl (C=O) groups excluding carboxylic acids is 2. The highest BCUT2D eigenvalue weighted by atomic mass is 35.5. The largest absolute Gasteiger partial charge is 0.488 e. The number of halogens is 1. The molecule has 0 fully saturated rings. The molecule has 0 atom stereocenters. The maximum Gasteiger partial charge on any atom is 0.257 e. The Morgan fingerprint density at radius 3 is 2.31 bits per heavy atom. The van der Waals surface area contributed by atoms with Gasteiger partial charge in [0.25, 0.3) is 5.91 Å². The normalized spacial score (nSPS) is 10.3. The molecule has 3 rings (SSSR count). The zero-order valence-electron chi connectivity index (χ0n) is 16.0. The third kappa shape index (κ3) is 5.83. The van der Waals surface area contributed by atoms with Gasteiger partial charge in [-0.05, 0) is 42.0 Å². The topological polar surface area (TPSA) is 58.6 Å². The fourth-order valence-electron chi connectivity index (χ4n) is 2.73. The molecule has 0 heterocycles. The molecule has 0 saturated heterocycles. The summed E-state index contributed by atoms with van der Waals surface area (Å²) >= 11 is 5.84. The summed E-state index contributed by atoms with van der Waals surface area (Å²) in [7, 11) is 1.58. The van der Waals surface area contributed by atoms with Crippen LogP contribution in [0.15, 0.2) is 78.9 Å². The summed E-state index contributed by atoms with van der Waals surface area (Å²) in [6.07, 6.45) is 0. The fourth-order valence-corrected chi connectivity index (χ4v) is 2.86. The van der Waals surface area contributed by atoms with Crippen LogP contribution in [0.4, 0.5) is 5.69 Å². The average Bonchev–Trinajstić information content (AvgIpc) is 2.74. The van der Waals surface area contributed by atoms with E-state index in [9.17, 15) is 9.59 Å². The molecule has 0 aliphatic carbocycles. The predicted octanol–water partition coefficient (Wildman–Crippen LogP) is 4.63. The number of benzene rings is 3. The number of rotatable bonds is 7. The van der Waals surface area contributed by atoms with E-state index in [1.54, 1.807) is 49.5 Å². The Labute approximate surface area is 174 Å². The van der Waals surface area contributed by atoms with Gasteiger partial charge in [0.15, 0.2) is 0 Å². The Bertz CT molecular complexity index is 975. The minimum Gasteiger partial charge on any atom is -0.488 e. The Morgan fingerprint density at radius 1 is 0.931 bits per heavy atom. The van der Waals surface area contributed by atoms with Crippen molar-refractivity contribution in [3.63, 3.8) is 0 Å². The van der Waals surface area contributed by atoms with E-state index in [0.29, 0.717) is 28.6 Å². The number of nitrogens with one attached hydrogen (secondary N) is 1. The molecule has 0 bridgehead atoms. The quantitative estimate of drug-likeness (QED) is 0.620. The van der Waals surface area contributed by atoms with Gasteiger partial charge in [0.05, 0.1) is 12.1 Å². The summed E-state index contributed by atoms with van der Waals surface area (Å²) in [4.78, 5) is 26.5. The first-order chi connectivity index (χ1) is 14.0. The summed E-state index contributed by atoms with van der Waals surface area (Å²) in [6.45, 7) is 0.264. The van der Waals surface area contributed by atoms with Crippen molar-refractivity contribution in [2.45, 2.75) is 6.61 Å². The molecule has 0 spiro atoms. The maximum absolute atomic E-state index is 12.9. The van der Waals surface area contributed by atoms with E-state index in [4.69, 9.17) is 16.3 Å². The van der Waals surface area contributed by atoms with Crippen molar-refractivity contribution in [1.29, 1.82) is 0 Å². The van der Waals surface area contributed by atoms with Crippen LogP contribution in [0.1, 0.15) is 15.9 Å². The van der Waals surface area contributed by atoms with Gasteiger partial charge in [0.2, 0.25) is 5.91 Å². The second-order valence-corrected chi connectivity index (χ2v) is 6.92. The molecule has 29 heavy (non-hydrogen) atoms. The van der Waals surface area contributed by atoms with E-state index in [0.717, 1.165) is 5.56 Å². The van der Waals surface area contributed by atoms with Crippen LogP contribution in [0.25, 0.3) is 0 Å². The number of hydrogen-bond acceptors (Lipinski definition) is 3. The highest BCUT2D eigenvalue weighted by Gasteiger charge is 2.19. The first-order valence-corrected chi connectivity index (χ1v) is 9.47. The Kier molecular flexibility index (Phi) is 6.87. The third-order valence-electron chi connectivity index (χ3n) is 4.21. The molecule has 0 aliphatic rings. The lowest BCUT2D eigenvalue weighted by atomic mass is 10.1. The number of likely N-dealkylation sites (N-methyl/N-ethyl adjacent to an activating group) is 1. The van der Waals surface area contributed by atoms with Crippen LogP contribution in [-0.4, -0.2) is 30.3 Å². The van der Waals surface area contributed by atoms with Crippen molar-refractivity contribution in [2.75, 3.05) is 18.9 Å². The molecule has 2 amide bonds. The lowest BCUT2D eigenvalue weighted by molar-refractivity contribution is -0.116. The molecule has 0 aliphatic heterocycles. The molecule has 3 aromatic carbocycles. The van der Waals surface area contributed by atoms with E-state index >= 15 is 0 Å². The van der Waals surface area contributed by atoms with Gasteiger partial charge in [-0.2, -0.15) is 0 Å². The Hall–Kier alpha value is -3.31. The zero-order chi connectivity index (χ0) is 20.6. The first kappa shape index (κ1) is 20.4. The number of nitrogens with zero attached hydrogens (tertiary/aromatic N) is 1. The molecule has 0 unspecified atom stereocenters. The predicted molar refractivity (Wildman–Crippen MR) is 114 cm³/mol. The second kappa shape index (κ2) is 9.75. The molecule has 5 nitrogen and oxygen atoms in total. The fraction of sp³-hybridized carbons (Fsp3) is 0.130. The van der Waals surface area contributed by atoms with Gasteiger partial charge in [-0.3, -0.25) is 9.59 Å². The van der Waals surface area contributed by atoms with Crippen molar-refractivity contribution in [1.82, 2.24) is 4.90 Å². The Balaban J connectivity index is 1.63. The minimum atomic E-state index is -0.300. The zero-order valence-corrected chi connectivity index (χ0v) is 16.7. The highest BCUT2D eigenvalue weighted by molar-refractivity contribution is 6.30. The molecule has 3 aromatic rings. The van der Waals surface area contributed by atoms with Crippen LogP contribution in [-0.2, 0) is 11.4 Å². The van der Waals surface area contributed by atoms with Crippen molar-refractivity contribution in [3.05, 3.63) is 95.0 Å². The third-order valence-corrected chi connectivity index (χ3v) is 4.46. The average molecular weight is 409 g/mol. The SMILES string of the molecule is CN(CC(=O)Nc1ccc(Cl)cc1)C(=O)c1ccccc1OCc1ccccc1. The summed E-state index contributed by atoms with van der Waals surface area (Å²) < 4.78 is 5.85. The number of para-hydroxylation sites is 1. The summed E-state index contributed by atoms with van der Waals surface area (Å²) in [5, 5.41) is 3.33. The highest BCUT2D eigenvalue weighted by Crippen LogP contribution is 2.21. The minimum absolute atomic E-state index is 0.0888. The van der Waals surface area contributed by atoms with Gasteiger partial charge in [0, 0.05) is 17.8 Å². The van der Waals surface area contributed by atoms with E-state index < -0.39 is 0 Å². The van der Waals surface area contributed by atoms with Gasteiger partial charge >= 0.3 is 0 Å². The molecule has 0 radical (unpaired) electrons. The second-order valence-electron chi connectivity index (χ2n) is 6.49. The number of anilines is 1. The van der Waals surface area contributed by atoms with Crippen LogP contribution >= 0.6 is 11.6 Å². The van der Waals surface area contributed by atoms with E-state index in [2.05, 4.69) is 5.32 Å². The van der Waals surface area contributed by atoms with Gasteiger partial charge in [-0.15, -0.1) is 0 Å². The monoisotopic (exact) mass is 408 g/mol. The molecular formula is C23H21ClN2O3. The summed E-state index contributed by atoms with van der Waals surface area (Å²) in [5.74, 6) is -0.114. The van der Waals surface area contributed by atoms with Crippen LogP contribution in [0.3, 0.4) is 0 Å². The molecule has 0 saturated carbocycles. The number of ether oxygens (including phenoxy) is 1. The van der Waals surface area contributed by atoms with E-state index in [-0.39, 0.29) is 18.4 Å².